The zero-order valence-corrected chi connectivity index (χ0v) is 14.7. The molecular formula is C19H21N3O4. The van der Waals surface area contributed by atoms with E-state index in [1.807, 2.05) is 13.0 Å². The molecule has 0 atom stereocenters. The van der Waals surface area contributed by atoms with Crippen molar-refractivity contribution in [3.05, 3.63) is 59.9 Å². The topological polar surface area (TPSA) is 89.6 Å². The van der Waals surface area contributed by atoms with Crippen molar-refractivity contribution in [3.8, 4) is 11.5 Å². The number of aromatic nitrogens is 1. The number of pyridine rings is 1. The van der Waals surface area contributed by atoms with Crippen LogP contribution in [-0.2, 0) is 4.79 Å². The number of amides is 2. The zero-order valence-electron chi connectivity index (χ0n) is 14.7. The van der Waals surface area contributed by atoms with Gasteiger partial charge in [0.05, 0.1) is 13.7 Å². The Kier molecular flexibility index (Phi) is 7.17. The Morgan fingerprint density at radius 3 is 2.69 bits per heavy atom. The van der Waals surface area contributed by atoms with Crippen LogP contribution in [0.4, 0.5) is 0 Å². The highest BCUT2D eigenvalue weighted by atomic mass is 16.5. The van der Waals surface area contributed by atoms with E-state index in [0.717, 1.165) is 12.0 Å². The highest BCUT2D eigenvalue weighted by Crippen LogP contribution is 2.28. The molecule has 7 heteroatoms. The smallest absolute Gasteiger partial charge is 0.288 e. The molecule has 136 valence electrons. The van der Waals surface area contributed by atoms with Crippen molar-refractivity contribution in [2.24, 2.45) is 0 Å². The Morgan fingerprint density at radius 2 is 2.00 bits per heavy atom. The van der Waals surface area contributed by atoms with Crippen molar-refractivity contribution < 1.29 is 19.1 Å². The van der Waals surface area contributed by atoms with E-state index in [2.05, 4.69) is 15.8 Å². The molecule has 0 unspecified atom stereocenters. The van der Waals surface area contributed by atoms with Gasteiger partial charge in [-0.25, -0.2) is 0 Å². The van der Waals surface area contributed by atoms with Gasteiger partial charge < -0.3 is 9.47 Å². The number of carbonyl (C=O) groups is 2. The van der Waals surface area contributed by atoms with Crippen LogP contribution >= 0.6 is 0 Å². The SMILES string of the molecule is CCCOc1ccc(/C=C/C(=O)NNC(=O)c2ccccn2)cc1OC. The van der Waals surface area contributed by atoms with Gasteiger partial charge in [-0.05, 0) is 42.3 Å². The van der Waals surface area contributed by atoms with Crippen LogP contribution in [0.5, 0.6) is 11.5 Å². The van der Waals surface area contributed by atoms with Gasteiger partial charge in [-0.15, -0.1) is 0 Å². The first kappa shape index (κ1) is 19.0. The third-order valence-electron chi connectivity index (χ3n) is 3.27. The van der Waals surface area contributed by atoms with E-state index in [1.165, 1.54) is 12.3 Å². The molecule has 7 nitrogen and oxygen atoms in total. The molecule has 0 saturated carbocycles. The van der Waals surface area contributed by atoms with E-state index in [-0.39, 0.29) is 5.69 Å². The van der Waals surface area contributed by atoms with Crippen LogP contribution in [0, 0.1) is 0 Å². The van der Waals surface area contributed by atoms with Crippen LogP contribution in [0.1, 0.15) is 29.4 Å². The molecule has 0 fully saturated rings. The number of hydrazine groups is 1. The van der Waals surface area contributed by atoms with Crippen molar-refractivity contribution >= 4 is 17.9 Å². The fourth-order valence-electron chi connectivity index (χ4n) is 2.01. The van der Waals surface area contributed by atoms with Gasteiger partial charge in [0.25, 0.3) is 11.8 Å². The van der Waals surface area contributed by atoms with Gasteiger partial charge in [0.15, 0.2) is 11.5 Å². The molecule has 0 radical (unpaired) electrons. The molecule has 0 aliphatic carbocycles. The number of rotatable bonds is 7. The average molecular weight is 355 g/mol. The van der Waals surface area contributed by atoms with E-state index >= 15 is 0 Å². The molecule has 1 heterocycles. The molecule has 2 amide bonds. The lowest BCUT2D eigenvalue weighted by Crippen LogP contribution is -2.41. The standard InChI is InChI=1S/C19H21N3O4/c1-3-12-26-16-9-7-14(13-17(16)25-2)8-10-18(23)21-22-19(24)15-6-4-5-11-20-15/h4-11,13H,3,12H2,1-2H3,(H,21,23)(H,22,24)/b10-8+. The number of hydrogen-bond donors (Lipinski definition) is 2. The first-order chi connectivity index (χ1) is 12.6. The summed E-state index contributed by atoms with van der Waals surface area (Å²) in [5.41, 5.74) is 5.56. The number of nitrogens with zero attached hydrogens (tertiary/aromatic N) is 1. The molecule has 0 bridgehead atoms. The minimum absolute atomic E-state index is 0.212. The molecular weight excluding hydrogens is 334 g/mol. The summed E-state index contributed by atoms with van der Waals surface area (Å²) in [6, 6.07) is 10.3. The third kappa shape index (κ3) is 5.62. The fourth-order valence-corrected chi connectivity index (χ4v) is 2.01. The molecule has 2 N–H and O–H groups in total. The summed E-state index contributed by atoms with van der Waals surface area (Å²) in [7, 11) is 1.56. The van der Waals surface area contributed by atoms with Crippen LogP contribution < -0.4 is 20.3 Å². The summed E-state index contributed by atoms with van der Waals surface area (Å²) in [6.07, 6.45) is 5.31. The molecule has 0 saturated heterocycles. The summed E-state index contributed by atoms with van der Waals surface area (Å²) in [4.78, 5) is 27.5. The van der Waals surface area contributed by atoms with Crippen LogP contribution in [0.2, 0.25) is 0 Å². The largest absolute Gasteiger partial charge is 0.493 e. The van der Waals surface area contributed by atoms with Gasteiger partial charge in [-0.3, -0.25) is 25.4 Å². The van der Waals surface area contributed by atoms with E-state index in [9.17, 15) is 9.59 Å². The van der Waals surface area contributed by atoms with Crippen LogP contribution in [-0.4, -0.2) is 30.5 Å². The quantitative estimate of drug-likeness (QED) is 0.588. The van der Waals surface area contributed by atoms with Crippen LogP contribution in [0.3, 0.4) is 0 Å². The maximum Gasteiger partial charge on any atom is 0.288 e. The van der Waals surface area contributed by atoms with Gasteiger partial charge in [-0.2, -0.15) is 0 Å². The molecule has 1 aromatic heterocycles. The predicted molar refractivity (Wildman–Crippen MR) is 97.7 cm³/mol. The number of carbonyl (C=O) groups excluding carboxylic acids is 2. The summed E-state index contributed by atoms with van der Waals surface area (Å²) in [6.45, 7) is 2.62. The van der Waals surface area contributed by atoms with Crippen LogP contribution in [0.25, 0.3) is 6.08 Å². The number of methoxy groups -OCH3 is 1. The maximum atomic E-state index is 11.8. The van der Waals surface area contributed by atoms with Crippen molar-refractivity contribution in [3.63, 3.8) is 0 Å². The Morgan fingerprint density at radius 1 is 1.15 bits per heavy atom. The number of benzene rings is 1. The number of hydrogen-bond acceptors (Lipinski definition) is 5. The van der Waals surface area contributed by atoms with Crippen molar-refractivity contribution in [1.29, 1.82) is 0 Å². The first-order valence-electron chi connectivity index (χ1n) is 8.14. The molecule has 26 heavy (non-hydrogen) atoms. The Labute approximate surface area is 152 Å². The summed E-state index contributed by atoms with van der Waals surface area (Å²) in [5.74, 6) is 0.272. The third-order valence-corrected chi connectivity index (χ3v) is 3.27. The first-order valence-corrected chi connectivity index (χ1v) is 8.14. The van der Waals surface area contributed by atoms with Gasteiger partial charge in [-0.1, -0.05) is 19.1 Å². The minimum Gasteiger partial charge on any atom is -0.493 e. The highest BCUT2D eigenvalue weighted by molar-refractivity contribution is 5.96. The Bertz CT molecular complexity index is 776. The second-order valence-electron chi connectivity index (χ2n) is 5.25. The lowest BCUT2D eigenvalue weighted by Gasteiger charge is -2.10. The summed E-state index contributed by atoms with van der Waals surface area (Å²) < 4.78 is 10.9. The van der Waals surface area contributed by atoms with Crippen LogP contribution in [0.15, 0.2) is 48.7 Å². The van der Waals surface area contributed by atoms with E-state index in [0.29, 0.717) is 18.1 Å². The fraction of sp³-hybridized carbons (Fsp3) is 0.211. The highest BCUT2D eigenvalue weighted by Gasteiger charge is 2.07. The van der Waals surface area contributed by atoms with Crippen molar-refractivity contribution in [2.75, 3.05) is 13.7 Å². The van der Waals surface area contributed by atoms with E-state index < -0.39 is 11.8 Å². The van der Waals surface area contributed by atoms with E-state index in [4.69, 9.17) is 9.47 Å². The van der Waals surface area contributed by atoms with Gasteiger partial charge in [0.2, 0.25) is 0 Å². The normalized spacial score (nSPS) is 10.4. The van der Waals surface area contributed by atoms with Gasteiger partial charge in [0.1, 0.15) is 5.69 Å². The predicted octanol–water partition coefficient (Wildman–Crippen LogP) is 2.35. The van der Waals surface area contributed by atoms with Gasteiger partial charge in [0, 0.05) is 12.3 Å². The number of ether oxygens (including phenoxy) is 2. The Hall–Kier alpha value is -3.35. The maximum absolute atomic E-state index is 11.8. The number of nitrogens with one attached hydrogen (secondary N) is 2. The molecule has 0 spiro atoms. The second kappa shape index (κ2) is 9.83. The molecule has 2 aromatic rings. The zero-order chi connectivity index (χ0) is 18.8. The second-order valence-corrected chi connectivity index (χ2v) is 5.25. The summed E-state index contributed by atoms with van der Waals surface area (Å²) in [5, 5.41) is 0. The summed E-state index contributed by atoms with van der Waals surface area (Å²) >= 11 is 0. The van der Waals surface area contributed by atoms with Crippen molar-refractivity contribution in [1.82, 2.24) is 15.8 Å². The lowest BCUT2D eigenvalue weighted by molar-refractivity contribution is -0.117. The Balaban J connectivity index is 1.92. The van der Waals surface area contributed by atoms with Gasteiger partial charge >= 0.3 is 0 Å². The lowest BCUT2D eigenvalue weighted by atomic mass is 10.2. The average Bonchev–Trinajstić information content (AvgIpc) is 2.69. The molecule has 2 rings (SSSR count). The van der Waals surface area contributed by atoms with Crippen molar-refractivity contribution in [2.45, 2.75) is 13.3 Å². The molecule has 1 aromatic carbocycles. The minimum atomic E-state index is -0.494. The van der Waals surface area contributed by atoms with E-state index in [1.54, 1.807) is 43.5 Å². The monoisotopic (exact) mass is 355 g/mol. The molecule has 0 aliphatic rings. The molecule has 0 aliphatic heterocycles.